The Morgan fingerprint density at radius 1 is 1.36 bits per heavy atom. The number of rotatable bonds is 5. The monoisotopic (exact) mass is 231 g/mol. The quantitative estimate of drug-likeness (QED) is 0.251. The smallest absolute Gasteiger partial charge is 0.345 e. The summed E-state index contributed by atoms with van der Waals surface area (Å²) in [4.78, 5) is 0.571. The minimum Gasteiger partial charge on any atom is -0.375 e. The van der Waals surface area contributed by atoms with E-state index in [0.29, 0.717) is 4.90 Å². The minimum absolute atomic E-state index is 0.343. The highest BCUT2D eigenvalue weighted by Gasteiger charge is 2.27. The van der Waals surface area contributed by atoms with Crippen LogP contribution in [0.25, 0.3) is 0 Å². The fraction of sp³-hybridized carbons (Fsp3) is 1.00. The third-order valence-electron chi connectivity index (χ3n) is 1.57. The summed E-state index contributed by atoms with van der Waals surface area (Å²) in [5, 5.41) is 34.4. The third-order valence-corrected chi connectivity index (χ3v) is 2.49. The number of hydrogen-bond acceptors (Lipinski definition) is 7. The molecule has 0 aliphatic heterocycles. The highest BCUT2D eigenvalue weighted by Crippen LogP contribution is 2.05. The molecule has 0 radical (unpaired) electrons. The Kier molecular flexibility index (Phi) is 4.39. The van der Waals surface area contributed by atoms with Crippen LogP contribution < -0.4 is 0 Å². The van der Waals surface area contributed by atoms with Gasteiger partial charge in [-0.2, -0.15) is 8.42 Å². The molecule has 0 bridgehead atoms. The second-order valence-corrected chi connectivity index (χ2v) is 4.35. The molecule has 0 heterocycles. The summed E-state index contributed by atoms with van der Waals surface area (Å²) < 4.78 is 28.9. The Hall–Kier alpha value is -0.290. The number of hydrogen-bond donors (Lipinski definition) is 5. The van der Waals surface area contributed by atoms with E-state index in [1.165, 1.54) is 0 Å². The van der Waals surface area contributed by atoms with Crippen molar-refractivity contribution in [2.45, 2.75) is 18.0 Å². The predicted molar refractivity (Wildman–Crippen MR) is 44.2 cm³/mol. The molecule has 1 atom stereocenters. The van der Waals surface area contributed by atoms with Gasteiger partial charge in [0.15, 0.2) is 5.44 Å². The van der Waals surface area contributed by atoms with Crippen molar-refractivity contribution in [3.8, 4) is 0 Å². The van der Waals surface area contributed by atoms with Crippen molar-refractivity contribution >= 4 is 10.1 Å². The Balaban J connectivity index is 4.09. The largest absolute Gasteiger partial charge is 0.375 e. The van der Waals surface area contributed by atoms with Crippen LogP contribution in [0.5, 0.6) is 0 Å². The highest BCUT2D eigenvalue weighted by atomic mass is 32.2. The summed E-state index contributed by atoms with van der Waals surface area (Å²) in [7, 11) is -3.48. The number of aliphatic hydroxyl groups is 4. The lowest BCUT2D eigenvalue weighted by atomic mass is 10.4. The second-order valence-electron chi connectivity index (χ2n) is 2.78. The van der Waals surface area contributed by atoms with Gasteiger partial charge in [0.25, 0.3) is 10.1 Å². The predicted octanol–water partition coefficient (Wildman–Crippen LogP) is -2.90. The summed E-state index contributed by atoms with van der Waals surface area (Å²) in [6, 6.07) is 0. The van der Waals surface area contributed by atoms with E-state index in [0.717, 1.165) is 7.05 Å². The molecule has 0 amide bonds. The van der Waals surface area contributed by atoms with Crippen LogP contribution in [0, 0.1) is 0 Å². The maximum Gasteiger partial charge on any atom is 0.345 e. The highest BCUT2D eigenvalue weighted by molar-refractivity contribution is 7.86. The number of aliphatic hydroxyl groups excluding tert-OH is 1. The van der Waals surface area contributed by atoms with Gasteiger partial charge in [0.2, 0.25) is 0 Å². The van der Waals surface area contributed by atoms with Gasteiger partial charge in [0.05, 0.1) is 0 Å². The standard InChI is InChI=1S/C5H13NO7S/c1-6(5(8,9)10)3-2-4(7)14(11,12)13/h4,7-10H,2-3H2,1H3,(H,11,12,13). The van der Waals surface area contributed by atoms with E-state index < -0.39 is 28.1 Å². The molecular formula is C5H13NO7S. The van der Waals surface area contributed by atoms with Crippen molar-refractivity contribution in [3.63, 3.8) is 0 Å². The maximum absolute atomic E-state index is 10.3. The van der Waals surface area contributed by atoms with E-state index in [1.54, 1.807) is 0 Å². The van der Waals surface area contributed by atoms with Gasteiger partial charge in [0.1, 0.15) is 0 Å². The Bertz CT molecular complexity index is 268. The lowest BCUT2D eigenvalue weighted by Crippen LogP contribution is -2.47. The molecule has 0 aromatic rings. The molecule has 0 fully saturated rings. The van der Waals surface area contributed by atoms with Crippen LogP contribution in [0.3, 0.4) is 0 Å². The molecule has 0 saturated heterocycles. The molecule has 0 aromatic heterocycles. The van der Waals surface area contributed by atoms with Crippen LogP contribution in [-0.4, -0.2) is 63.4 Å². The Labute approximate surface area is 80.8 Å². The molecule has 0 rings (SSSR count). The van der Waals surface area contributed by atoms with Crippen molar-refractivity contribution in [3.05, 3.63) is 0 Å². The molecule has 1 unspecified atom stereocenters. The molecule has 9 heteroatoms. The lowest BCUT2D eigenvalue weighted by molar-refractivity contribution is -0.388. The van der Waals surface area contributed by atoms with E-state index in [4.69, 9.17) is 25.0 Å². The molecule has 0 aliphatic rings. The topological polar surface area (TPSA) is 139 Å². The van der Waals surface area contributed by atoms with E-state index in [-0.39, 0.29) is 6.54 Å². The first-order valence-corrected chi connectivity index (χ1v) is 5.08. The molecule has 5 N–H and O–H groups in total. The number of nitrogens with zero attached hydrogens (tertiary/aromatic N) is 1. The zero-order valence-corrected chi connectivity index (χ0v) is 8.22. The first-order chi connectivity index (χ1) is 6.05. The van der Waals surface area contributed by atoms with Crippen LogP contribution >= 0.6 is 0 Å². The van der Waals surface area contributed by atoms with Crippen molar-refractivity contribution in [1.82, 2.24) is 4.90 Å². The van der Waals surface area contributed by atoms with Gasteiger partial charge in [-0.15, -0.1) is 0 Å². The molecule has 0 saturated carbocycles. The van der Waals surface area contributed by atoms with Crippen LogP contribution in [0.2, 0.25) is 0 Å². The summed E-state index contributed by atoms with van der Waals surface area (Å²) in [5.74, 6) is 0. The lowest BCUT2D eigenvalue weighted by Gasteiger charge is -2.26. The summed E-state index contributed by atoms with van der Waals surface area (Å²) in [6.45, 7) is -0.343. The van der Waals surface area contributed by atoms with Crippen molar-refractivity contribution in [2.75, 3.05) is 13.6 Å². The molecule has 0 aliphatic carbocycles. The van der Waals surface area contributed by atoms with Crippen LogP contribution in [0.1, 0.15) is 6.42 Å². The Morgan fingerprint density at radius 3 is 2.07 bits per heavy atom. The second kappa shape index (κ2) is 4.49. The van der Waals surface area contributed by atoms with Crippen LogP contribution in [-0.2, 0) is 10.1 Å². The van der Waals surface area contributed by atoms with Gasteiger partial charge in [-0.1, -0.05) is 0 Å². The van der Waals surface area contributed by atoms with E-state index in [2.05, 4.69) is 0 Å². The molecule has 8 nitrogen and oxygen atoms in total. The first kappa shape index (κ1) is 13.7. The molecule has 0 spiro atoms. The minimum atomic E-state index is -4.56. The summed E-state index contributed by atoms with van der Waals surface area (Å²) >= 11 is 0. The van der Waals surface area contributed by atoms with Gasteiger partial charge in [0, 0.05) is 13.0 Å². The van der Waals surface area contributed by atoms with Crippen molar-refractivity contribution in [1.29, 1.82) is 0 Å². The summed E-state index contributed by atoms with van der Waals surface area (Å²) in [5.41, 5.74) is -2.02. The van der Waals surface area contributed by atoms with Gasteiger partial charge >= 0.3 is 6.10 Å². The van der Waals surface area contributed by atoms with Gasteiger partial charge < -0.3 is 20.4 Å². The fourth-order valence-corrected chi connectivity index (χ4v) is 1.01. The molecule has 86 valence electrons. The van der Waals surface area contributed by atoms with Gasteiger partial charge in [-0.25, -0.2) is 4.90 Å². The van der Waals surface area contributed by atoms with E-state index in [1.807, 2.05) is 0 Å². The zero-order chi connectivity index (χ0) is 11.6. The van der Waals surface area contributed by atoms with Crippen molar-refractivity contribution in [2.24, 2.45) is 0 Å². The average molecular weight is 231 g/mol. The van der Waals surface area contributed by atoms with Crippen LogP contribution in [0.15, 0.2) is 0 Å². The maximum atomic E-state index is 10.3. The SMILES string of the molecule is CN(CCC(O)S(=O)(=O)O)C(O)(O)O. The summed E-state index contributed by atoms with van der Waals surface area (Å²) in [6.07, 6.45) is -3.56. The third kappa shape index (κ3) is 4.81. The van der Waals surface area contributed by atoms with E-state index >= 15 is 0 Å². The van der Waals surface area contributed by atoms with Crippen LogP contribution in [0.4, 0.5) is 0 Å². The normalized spacial score (nSPS) is 15.9. The van der Waals surface area contributed by atoms with Gasteiger partial charge in [-0.05, 0) is 7.05 Å². The first-order valence-electron chi connectivity index (χ1n) is 3.58. The Morgan fingerprint density at radius 2 is 1.79 bits per heavy atom. The average Bonchev–Trinajstić information content (AvgIpc) is 1.95. The van der Waals surface area contributed by atoms with E-state index in [9.17, 15) is 8.42 Å². The molecular weight excluding hydrogens is 218 g/mol. The van der Waals surface area contributed by atoms with Crippen molar-refractivity contribution < 1.29 is 33.4 Å². The molecule has 14 heavy (non-hydrogen) atoms. The fourth-order valence-electron chi connectivity index (χ4n) is 0.603. The zero-order valence-electron chi connectivity index (χ0n) is 7.40. The molecule has 0 aromatic carbocycles. The van der Waals surface area contributed by atoms with Gasteiger partial charge in [-0.3, -0.25) is 4.55 Å².